The van der Waals surface area contributed by atoms with Crippen LogP contribution in [0.25, 0.3) is 11.3 Å². The number of carbonyl (C=O) groups is 1. The Bertz CT molecular complexity index is 1280. The summed E-state index contributed by atoms with van der Waals surface area (Å²) in [6.07, 6.45) is 6.60. The molecule has 2 aromatic heterocycles. The van der Waals surface area contributed by atoms with Gasteiger partial charge in [0.2, 0.25) is 0 Å². The predicted molar refractivity (Wildman–Crippen MR) is 136 cm³/mol. The minimum atomic E-state index is -0.929. The summed E-state index contributed by atoms with van der Waals surface area (Å²) in [5, 5.41) is 13.9. The number of pyridine rings is 1. The minimum Gasteiger partial charge on any atom is -0.478 e. The first-order valence-electron chi connectivity index (χ1n) is 13.1. The normalized spacial score (nSPS) is 23.3. The number of nitrogens with zero attached hydrogens (tertiary/aromatic N) is 3. The Balaban J connectivity index is 1.20. The largest absolute Gasteiger partial charge is 0.478 e. The number of aromatic nitrogens is 2. The Hall–Kier alpha value is -3.19. The van der Waals surface area contributed by atoms with Gasteiger partial charge in [0.1, 0.15) is 17.3 Å². The van der Waals surface area contributed by atoms with E-state index in [1.54, 1.807) is 13.0 Å². The highest BCUT2D eigenvalue weighted by molar-refractivity contribution is 5.89. The number of carboxylic acid groups (broad SMARTS) is 1. The lowest BCUT2D eigenvalue weighted by atomic mass is 9.96. The van der Waals surface area contributed by atoms with Gasteiger partial charge in [-0.1, -0.05) is 23.4 Å². The van der Waals surface area contributed by atoms with Gasteiger partial charge in [-0.05, 0) is 82.6 Å². The van der Waals surface area contributed by atoms with Crippen molar-refractivity contribution < 1.29 is 19.2 Å². The number of aromatic carboxylic acids is 1. The second-order valence-corrected chi connectivity index (χ2v) is 10.7. The number of carboxylic acids is 1. The monoisotopic (exact) mass is 487 g/mol. The molecular weight excluding hydrogens is 454 g/mol. The Kier molecular flexibility index (Phi) is 5.83. The van der Waals surface area contributed by atoms with Crippen LogP contribution in [0.4, 0.5) is 5.82 Å². The molecule has 1 aromatic carbocycles. The maximum Gasteiger partial charge on any atom is 0.337 e. The van der Waals surface area contributed by atoms with E-state index in [1.807, 2.05) is 6.07 Å². The molecule has 4 heterocycles. The number of aryl methyl sites for hydroxylation is 3. The van der Waals surface area contributed by atoms with Crippen LogP contribution in [-0.4, -0.2) is 39.4 Å². The van der Waals surface area contributed by atoms with Crippen molar-refractivity contribution in [2.45, 2.75) is 90.0 Å². The van der Waals surface area contributed by atoms with E-state index in [0.29, 0.717) is 30.3 Å². The van der Waals surface area contributed by atoms with Crippen LogP contribution >= 0.6 is 0 Å². The number of fused-ring (bicyclic) bond motifs is 2. The molecule has 2 bridgehead atoms. The SMILES string of the molecule is Cc1cccc(C)c1-c1noc(C2CC2)c1COC1C[C@H]2CC[C@@H](C1)N2c1ccc(C(=O)O)c(C)n1. The summed E-state index contributed by atoms with van der Waals surface area (Å²) in [6, 6.07) is 10.6. The topological polar surface area (TPSA) is 88.7 Å². The molecule has 7 heteroatoms. The van der Waals surface area contributed by atoms with E-state index in [4.69, 9.17) is 9.26 Å². The minimum absolute atomic E-state index is 0.172. The summed E-state index contributed by atoms with van der Waals surface area (Å²) in [7, 11) is 0. The van der Waals surface area contributed by atoms with Crippen molar-refractivity contribution in [3.8, 4) is 11.3 Å². The molecular formula is C29H33N3O4. The molecule has 2 saturated heterocycles. The van der Waals surface area contributed by atoms with Crippen molar-refractivity contribution in [1.29, 1.82) is 0 Å². The van der Waals surface area contributed by atoms with E-state index in [0.717, 1.165) is 66.9 Å². The number of anilines is 1. The maximum absolute atomic E-state index is 11.4. The molecule has 1 unspecified atom stereocenters. The summed E-state index contributed by atoms with van der Waals surface area (Å²) in [4.78, 5) is 18.5. The van der Waals surface area contributed by atoms with Crippen molar-refractivity contribution in [1.82, 2.24) is 10.1 Å². The molecule has 0 spiro atoms. The Morgan fingerprint density at radius 3 is 2.36 bits per heavy atom. The highest BCUT2D eigenvalue weighted by atomic mass is 16.5. The Labute approximate surface area is 211 Å². The lowest BCUT2D eigenvalue weighted by Crippen LogP contribution is -2.46. The first-order chi connectivity index (χ1) is 17.4. The first-order valence-corrected chi connectivity index (χ1v) is 13.1. The fraction of sp³-hybridized carbons (Fsp3) is 0.483. The van der Waals surface area contributed by atoms with Gasteiger partial charge in [0.05, 0.1) is 24.0 Å². The molecule has 0 radical (unpaired) electrons. The first kappa shape index (κ1) is 23.2. The van der Waals surface area contributed by atoms with Gasteiger partial charge >= 0.3 is 5.97 Å². The quantitative estimate of drug-likeness (QED) is 0.440. The van der Waals surface area contributed by atoms with Gasteiger partial charge in [-0.2, -0.15) is 0 Å². The van der Waals surface area contributed by atoms with Crippen LogP contribution in [0.5, 0.6) is 0 Å². The zero-order valence-electron chi connectivity index (χ0n) is 21.2. The molecule has 1 aliphatic carbocycles. The Morgan fingerprint density at radius 1 is 1.06 bits per heavy atom. The van der Waals surface area contributed by atoms with Crippen LogP contribution in [0.2, 0.25) is 0 Å². The highest BCUT2D eigenvalue weighted by Crippen LogP contribution is 2.46. The van der Waals surface area contributed by atoms with Gasteiger partial charge in [-0.25, -0.2) is 9.78 Å². The van der Waals surface area contributed by atoms with Crippen molar-refractivity contribution in [2.75, 3.05) is 4.90 Å². The van der Waals surface area contributed by atoms with Gasteiger partial charge in [0, 0.05) is 29.1 Å². The third kappa shape index (κ3) is 4.09. The van der Waals surface area contributed by atoms with E-state index in [2.05, 4.69) is 47.1 Å². The van der Waals surface area contributed by atoms with Crippen molar-refractivity contribution >= 4 is 11.8 Å². The van der Waals surface area contributed by atoms with Gasteiger partial charge in [0.15, 0.2) is 0 Å². The lowest BCUT2D eigenvalue weighted by molar-refractivity contribution is 0.0146. The average Bonchev–Trinajstić information content (AvgIpc) is 3.55. The van der Waals surface area contributed by atoms with Gasteiger partial charge in [-0.3, -0.25) is 0 Å². The van der Waals surface area contributed by atoms with E-state index in [1.165, 1.54) is 11.1 Å². The van der Waals surface area contributed by atoms with Crippen LogP contribution < -0.4 is 4.90 Å². The van der Waals surface area contributed by atoms with Crippen LogP contribution in [0, 0.1) is 20.8 Å². The fourth-order valence-electron chi connectivity index (χ4n) is 6.27. The molecule has 36 heavy (non-hydrogen) atoms. The Morgan fingerprint density at radius 2 is 1.75 bits per heavy atom. The molecule has 7 nitrogen and oxygen atoms in total. The van der Waals surface area contributed by atoms with Crippen molar-refractivity contribution in [3.05, 3.63) is 64.0 Å². The van der Waals surface area contributed by atoms with Crippen molar-refractivity contribution in [3.63, 3.8) is 0 Å². The number of ether oxygens (including phenoxy) is 1. The summed E-state index contributed by atoms with van der Waals surface area (Å²) in [6.45, 7) is 6.55. The van der Waals surface area contributed by atoms with Crippen LogP contribution in [0.1, 0.15) is 82.9 Å². The summed E-state index contributed by atoms with van der Waals surface area (Å²) in [5.74, 6) is 1.43. The number of hydrogen-bond acceptors (Lipinski definition) is 6. The highest BCUT2D eigenvalue weighted by Gasteiger charge is 2.42. The van der Waals surface area contributed by atoms with E-state index >= 15 is 0 Å². The summed E-state index contributed by atoms with van der Waals surface area (Å²) >= 11 is 0. The number of piperidine rings is 1. The molecule has 3 aliphatic rings. The third-order valence-electron chi connectivity index (χ3n) is 8.20. The van der Waals surface area contributed by atoms with Crippen molar-refractivity contribution in [2.24, 2.45) is 0 Å². The zero-order valence-corrected chi connectivity index (χ0v) is 21.2. The van der Waals surface area contributed by atoms with Crippen LogP contribution in [0.3, 0.4) is 0 Å². The van der Waals surface area contributed by atoms with Crippen LogP contribution in [0.15, 0.2) is 34.9 Å². The number of benzene rings is 1. The molecule has 0 amide bonds. The van der Waals surface area contributed by atoms with Gasteiger partial charge < -0.3 is 19.3 Å². The number of hydrogen-bond donors (Lipinski definition) is 1. The molecule has 3 aromatic rings. The van der Waals surface area contributed by atoms with Crippen LogP contribution in [-0.2, 0) is 11.3 Å². The van der Waals surface area contributed by atoms with Gasteiger partial charge in [0.25, 0.3) is 0 Å². The van der Waals surface area contributed by atoms with E-state index in [-0.39, 0.29) is 11.7 Å². The maximum atomic E-state index is 11.4. The average molecular weight is 488 g/mol. The third-order valence-corrected chi connectivity index (χ3v) is 8.20. The molecule has 1 N–H and O–H groups in total. The smallest absolute Gasteiger partial charge is 0.337 e. The molecule has 6 rings (SSSR count). The molecule has 1 saturated carbocycles. The second-order valence-electron chi connectivity index (χ2n) is 10.7. The summed E-state index contributed by atoms with van der Waals surface area (Å²) in [5.41, 5.74) is 6.45. The predicted octanol–water partition coefficient (Wildman–Crippen LogP) is 5.95. The molecule has 188 valence electrons. The van der Waals surface area contributed by atoms with E-state index in [9.17, 15) is 9.90 Å². The van der Waals surface area contributed by atoms with Gasteiger partial charge in [-0.15, -0.1) is 0 Å². The molecule has 2 aliphatic heterocycles. The second kappa shape index (κ2) is 9.04. The zero-order chi connectivity index (χ0) is 25.0. The standard InChI is InChI=1S/C29H33N3O4/c1-16-5-4-6-17(2)26(16)27-24(28(36-31-27)19-7-8-19)15-35-22-13-20-9-10-21(14-22)32(20)25-12-11-23(29(33)34)18(3)30-25/h4-6,11-12,19-22H,7-10,13-15H2,1-3H3,(H,33,34)/t20-,21+,22?. The lowest BCUT2D eigenvalue weighted by Gasteiger charge is -2.39. The summed E-state index contributed by atoms with van der Waals surface area (Å²) < 4.78 is 12.5. The fourth-order valence-corrected chi connectivity index (χ4v) is 6.27. The molecule has 3 atom stereocenters. The molecule has 3 fully saturated rings. The van der Waals surface area contributed by atoms with E-state index < -0.39 is 5.97 Å². The number of rotatable bonds is 7.